The normalized spacial score (nSPS) is 15.0. The second-order valence-electron chi connectivity index (χ2n) is 6.61. The van der Waals surface area contributed by atoms with Crippen LogP contribution in [0.2, 0.25) is 0 Å². The number of rotatable bonds is 7. The molecule has 25 heavy (non-hydrogen) atoms. The van der Waals surface area contributed by atoms with E-state index < -0.39 is 11.6 Å². The first-order valence-electron chi connectivity index (χ1n) is 8.76. The number of hydrogen-bond acceptors (Lipinski definition) is 5. The zero-order chi connectivity index (χ0) is 17.8. The predicted octanol–water partition coefficient (Wildman–Crippen LogP) is 2.89. The van der Waals surface area contributed by atoms with E-state index in [4.69, 9.17) is 9.52 Å². The van der Waals surface area contributed by atoms with Gasteiger partial charge in [-0.1, -0.05) is 0 Å². The molecule has 1 aliphatic rings. The van der Waals surface area contributed by atoms with Gasteiger partial charge in [0.05, 0.1) is 5.56 Å². The Bertz CT molecular complexity index is 820. The lowest BCUT2D eigenvalue weighted by molar-refractivity contribution is -0.137. The minimum atomic E-state index is -0.810. The van der Waals surface area contributed by atoms with Crippen LogP contribution < -0.4 is 5.63 Å². The Hall–Kier alpha value is -2.34. The first kappa shape index (κ1) is 17.5. The molecule has 3 rings (SSSR count). The van der Waals surface area contributed by atoms with E-state index in [1.807, 2.05) is 0 Å². The zero-order valence-corrected chi connectivity index (χ0v) is 14.2. The first-order chi connectivity index (χ1) is 12.0. The van der Waals surface area contributed by atoms with Gasteiger partial charge in [-0.25, -0.2) is 4.79 Å². The highest BCUT2D eigenvalue weighted by Crippen LogP contribution is 2.31. The van der Waals surface area contributed by atoms with E-state index in [9.17, 15) is 14.7 Å². The number of aromatic hydroxyl groups is 1. The van der Waals surface area contributed by atoms with Crippen LogP contribution in [0.25, 0.3) is 11.0 Å². The Balaban J connectivity index is 1.90. The van der Waals surface area contributed by atoms with Crippen LogP contribution in [-0.2, 0) is 17.8 Å². The molecule has 6 nitrogen and oxygen atoms in total. The molecule has 2 aromatic rings. The van der Waals surface area contributed by atoms with Crippen molar-refractivity contribution in [2.75, 3.05) is 13.1 Å². The molecular weight excluding hydrogens is 322 g/mol. The monoisotopic (exact) mass is 345 g/mol. The van der Waals surface area contributed by atoms with Crippen LogP contribution in [0.5, 0.6) is 5.75 Å². The average molecular weight is 345 g/mol. The molecular formula is C19H23NO5. The van der Waals surface area contributed by atoms with Gasteiger partial charge in [-0.05, 0) is 62.9 Å². The molecule has 1 aromatic carbocycles. The number of likely N-dealkylation sites (tertiary alicyclic amines) is 1. The minimum absolute atomic E-state index is 0.125. The standard InChI is InChI=1S/C19H23NO5/c21-16-8-7-14-13(5-1-2-6-17(22)23)11-18(24)25-19(14)15(16)12-20-9-3-4-10-20/h7-8,11,21H,1-6,9-10,12H2,(H,22,23). The van der Waals surface area contributed by atoms with Crippen molar-refractivity contribution in [3.63, 3.8) is 0 Å². The van der Waals surface area contributed by atoms with Crippen molar-refractivity contribution < 1.29 is 19.4 Å². The third-order valence-corrected chi connectivity index (χ3v) is 4.74. The molecule has 1 aromatic heterocycles. The Morgan fingerprint density at radius 3 is 2.68 bits per heavy atom. The van der Waals surface area contributed by atoms with E-state index >= 15 is 0 Å². The fourth-order valence-corrected chi connectivity index (χ4v) is 3.45. The van der Waals surface area contributed by atoms with Crippen molar-refractivity contribution in [3.05, 3.63) is 39.7 Å². The van der Waals surface area contributed by atoms with E-state index in [0.29, 0.717) is 37.0 Å². The number of unbranched alkanes of at least 4 members (excludes halogenated alkanes) is 1. The summed E-state index contributed by atoms with van der Waals surface area (Å²) in [7, 11) is 0. The SMILES string of the molecule is O=C(O)CCCCc1cc(=O)oc2c(CN3CCCC3)c(O)ccc12. The number of aryl methyl sites for hydroxylation is 1. The van der Waals surface area contributed by atoms with Gasteiger partial charge < -0.3 is 14.6 Å². The van der Waals surface area contributed by atoms with Gasteiger partial charge in [0.15, 0.2) is 0 Å². The summed E-state index contributed by atoms with van der Waals surface area (Å²) in [5, 5.41) is 19.8. The Morgan fingerprint density at radius 1 is 1.20 bits per heavy atom. The number of carbonyl (C=O) groups is 1. The zero-order valence-electron chi connectivity index (χ0n) is 14.2. The van der Waals surface area contributed by atoms with E-state index in [2.05, 4.69) is 4.90 Å². The van der Waals surface area contributed by atoms with Crippen molar-refractivity contribution in [3.8, 4) is 5.75 Å². The number of carboxylic acid groups (broad SMARTS) is 1. The van der Waals surface area contributed by atoms with Crippen LogP contribution in [0.4, 0.5) is 0 Å². The van der Waals surface area contributed by atoms with Crippen molar-refractivity contribution in [2.45, 2.75) is 45.1 Å². The van der Waals surface area contributed by atoms with Crippen molar-refractivity contribution in [1.82, 2.24) is 4.90 Å². The van der Waals surface area contributed by atoms with E-state index in [-0.39, 0.29) is 12.2 Å². The second kappa shape index (κ2) is 7.70. The summed E-state index contributed by atoms with van der Waals surface area (Å²) in [5.41, 5.74) is 1.52. The molecule has 1 saturated heterocycles. The molecule has 0 amide bonds. The van der Waals surface area contributed by atoms with Gasteiger partial charge in [-0.2, -0.15) is 0 Å². The number of phenolic OH excluding ortho intramolecular Hbond substituents is 1. The molecule has 0 unspecified atom stereocenters. The van der Waals surface area contributed by atoms with E-state index in [1.165, 1.54) is 6.07 Å². The molecule has 1 fully saturated rings. The summed E-state index contributed by atoms with van der Waals surface area (Å²) in [6.07, 6.45) is 4.28. The van der Waals surface area contributed by atoms with Crippen molar-refractivity contribution >= 4 is 16.9 Å². The van der Waals surface area contributed by atoms with Crippen molar-refractivity contribution in [2.24, 2.45) is 0 Å². The lowest BCUT2D eigenvalue weighted by Gasteiger charge is -2.17. The fraction of sp³-hybridized carbons (Fsp3) is 0.474. The van der Waals surface area contributed by atoms with Gasteiger partial charge in [0.1, 0.15) is 11.3 Å². The maximum atomic E-state index is 12.0. The van der Waals surface area contributed by atoms with Crippen LogP contribution in [-0.4, -0.2) is 34.2 Å². The van der Waals surface area contributed by atoms with Gasteiger partial charge in [0, 0.05) is 24.4 Å². The van der Waals surface area contributed by atoms with Gasteiger partial charge in [-0.15, -0.1) is 0 Å². The average Bonchev–Trinajstić information content (AvgIpc) is 3.07. The molecule has 1 aliphatic heterocycles. The summed E-state index contributed by atoms with van der Waals surface area (Å²) in [6, 6.07) is 4.89. The maximum absolute atomic E-state index is 12.0. The molecule has 0 bridgehead atoms. The smallest absolute Gasteiger partial charge is 0.336 e. The third-order valence-electron chi connectivity index (χ3n) is 4.74. The number of hydrogen-bond donors (Lipinski definition) is 2. The fourth-order valence-electron chi connectivity index (χ4n) is 3.45. The number of benzene rings is 1. The van der Waals surface area contributed by atoms with Gasteiger partial charge in [0.25, 0.3) is 0 Å². The van der Waals surface area contributed by atoms with Gasteiger partial charge in [-0.3, -0.25) is 9.69 Å². The lowest BCUT2D eigenvalue weighted by Crippen LogP contribution is -2.19. The summed E-state index contributed by atoms with van der Waals surface area (Å²) >= 11 is 0. The molecule has 2 heterocycles. The summed E-state index contributed by atoms with van der Waals surface area (Å²) < 4.78 is 5.43. The van der Waals surface area contributed by atoms with Gasteiger partial charge in [0.2, 0.25) is 0 Å². The highest BCUT2D eigenvalue weighted by Gasteiger charge is 2.18. The van der Waals surface area contributed by atoms with Crippen molar-refractivity contribution in [1.29, 1.82) is 0 Å². The second-order valence-corrected chi connectivity index (χ2v) is 6.61. The van der Waals surface area contributed by atoms with Crippen LogP contribution >= 0.6 is 0 Å². The Morgan fingerprint density at radius 2 is 1.96 bits per heavy atom. The van der Waals surface area contributed by atoms with E-state index in [1.54, 1.807) is 12.1 Å². The number of carboxylic acids is 1. The Labute approximate surface area is 145 Å². The molecule has 0 radical (unpaired) electrons. The van der Waals surface area contributed by atoms with Crippen LogP contribution in [0.1, 0.15) is 43.2 Å². The summed E-state index contributed by atoms with van der Waals surface area (Å²) in [5.74, 6) is -0.666. The summed E-state index contributed by atoms with van der Waals surface area (Å²) in [4.78, 5) is 24.9. The molecule has 0 atom stereocenters. The molecule has 6 heteroatoms. The molecule has 0 saturated carbocycles. The molecule has 0 spiro atoms. The largest absolute Gasteiger partial charge is 0.507 e. The van der Waals surface area contributed by atoms with E-state index in [0.717, 1.165) is 36.9 Å². The van der Waals surface area contributed by atoms with Gasteiger partial charge >= 0.3 is 11.6 Å². The molecule has 134 valence electrons. The highest BCUT2D eigenvalue weighted by atomic mass is 16.4. The topological polar surface area (TPSA) is 91.0 Å². The minimum Gasteiger partial charge on any atom is -0.507 e. The lowest BCUT2D eigenvalue weighted by atomic mass is 10.0. The first-order valence-corrected chi connectivity index (χ1v) is 8.76. The maximum Gasteiger partial charge on any atom is 0.336 e. The molecule has 0 aliphatic carbocycles. The number of fused-ring (bicyclic) bond motifs is 1. The Kier molecular flexibility index (Phi) is 5.38. The number of nitrogens with zero attached hydrogens (tertiary/aromatic N) is 1. The molecule has 2 N–H and O–H groups in total. The number of aliphatic carboxylic acids is 1. The predicted molar refractivity (Wildman–Crippen MR) is 93.9 cm³/mol. The summed E-state index contributed by atoms with van der Waals surface area (Å²) in [6.45, 7) is 2.53. The van der Waals surface area contributed by atoms with Crippen LogP contribution in [0.3, 0.4) is 0 Å². The third kappa shape index (κ3) is 4.20. The van der Waals surface area contributed by atoms with Crippen LogP contribution in [0, 0.1) is 0 Å². The van der Waals surface area contributed by atoms with Crippen LogP contribution in [0.15, 0.2) is 27.4 Å². The highest BCUT2D eigenvalue weighted by molar-refractivity contribution is 5.85. The number of phenols is 1. The quantitative estimate of drug-likeness (QED) is 0.592.